The summed E-state index contributed by atoms with van der Waals surface area (Å²) in [6.07, 6.45) is 3.10. The second-order valence-corrected chi connectivity index (χ2v) is 5.89. The van der Waals surface area contributed by atoms with E-state index in [0.29, 0.717) is 11.7 Å². The molecule has 2 aromatic rings. The van der Waals surface area contributed by atoms with Crippen molar-refractivity contribution in [1.29, 1.82) is 0 Å². The minimum Gasteiger partial charge on any atom is -0.369 e. The van der Waals surface area contributed by atoms with E-state index in [9.17, 15) is 4.79 Å². The van der Waals surface area contributed by atoms with Gasteiger partial charge in [0.05, 0.1) is 10.7 Å². The number of aromatic amines is 1. The second kappa shape index (κ2) is 5.13. The molecule has 0 atom stereocenters. The summed E-state index contributed by atoms with van der Waals surface area (Å²) < 4.78 is 0. The smallest absolute Gasteiger partial charge is 0.252 e. The van der Waals surface area contributed by atoms with Crippen molar-refractivity contribution in [2.75, 3.05) is 11.9 Å². The van der Waals surface area contributed by atoms with Gasteiger partial charge < -0.3 is 10.3 Å². The van der Waals surface area contributed by atoms with Crippen molar-refractivity contribution >= 4 is 17.2 Å². The lowest BCUT2D eigenvalue weighted by molar-refractivity contribution is 0.894. The number of aryl methyl sites for hydroxylation is 1. The summed E-state index contributed by atoms with van der Waals surface area (Å²) in [6, 6.07) is 1.51. The first-order chi connectivity index (χ1) is 9.20. The van der Waals surface area contributed by atoms with Gasteiger partial charge in [0.25, 0.3) is 5.56 Å². The molecule has 0 unspecified atom stereocenters. The number of nitrogens with zero attached hydrogens (tertiary/aromatic N) is 2. The monoisotopic (exact) mass is 276 g/mol. The largest absolute Gasteiger partial charge is 0.369 e. The van der Waals surface area contributed by atoms with Crippen molar-refractivity contribution in [3.63, 3.8) is 0 Å². The van der Waals surface area contributed by atoms with Crippen LogP contribution in [0.1, 0.15) is 35.3 Å². The molecule has 5 nitrogen and oxygen atoms in total. The Morgan fingerprint density at radius 1 is 1.47 bits per heavy atom. The number of aromatic nitrogens is 3. The van der Waals surface area contributed by atoms with Gasteiger partial charge in [-0.2, -0.15) is 0 Å². The van der Waals surface area contributed by atoms with E-state index in [2.05, 4.69) is 25.6 Å². The third-order valence-corrected chi connectivity index (χ3v) is 3.90. The first-order valence-corrected chi connectivity index (χ1v) is 7.35. The molecule has 0 aliphatic heterocycles. The molecule has 2 aromatic heterocycles. The van der Waals surface area contributed by atoms with E-state index >= 15 is 0 Å². The predicted octanol–water partition coefficient (Wildman–Crippen LogP) is 2.07. The molecule has 2 heterocycles. The van der Waals surface area contributed by atoms with Gasteiger partial charge in [0.2, 0.25) is 0 Å². The molecule has 3 rings (SSSR count). The van der Waals surface area contributed by atoms with Crippen LogP contribution in [0.2, 0.25) is 0 Å². The Morgan fingerprint density at radius 3 is 3.00 bits per heavy atom. The van der Waals surface area contributed by atoms with Crippen LogP contribution < -0.4 is 10.9 Å². The van der Waals surface area contributed by atoms with Crippen LogP contribution >= 0.6 is 11.3 Å². The van der Waals surface area contributed by atoms with Crippen LogP contribution in [0.15, 0.2) is 16.2 Å². The van der Waals surface area contributed by atoms with E-state index in [1.54, 1.807) is 11.3 Å². The Kier molecular flexibility index (Phi) is 3.33. The van der Waals surface area contributed by atoms with Crippen LogP contribution in [-0.2, 0) is 6.42 Å². The first-order valence-electron chi connectivity index (χ1n) is 6.47. The Labute approximate surface area is 115 Å². The van der Waals surface area contributed by atoms with Crippen LogP contribution in [0.4, 0.5) is 5.82 Å². The lowest BCUT2D eigenvalue weighted by Gasteiger charge is -2.05. The molecule has 0 amide bonds. The summed E-state index contributed by atoms with van der Waals surface area (Å²) in [5.74, 6) is 1.94. The summed E-state index contributed by atoms with van der Waals surface area (Å²) in [5, 5.41) is 6.35. The maximum atomic E-state index is 11.5. The van der Waals surface area contributed by atoms with Gasteiger partial charge in [0.1, 0.15) is 11.6 Å². The summed E-state index contributed by atoms with van der Waals surface area (Å²) in [6.45, 7) is 2.74. The molecule has 1 saturated carbocycles. The fourth-order valence-electron chi connectivity index (χ4n) is 1.96. The molecular formula is C13H16N4OS. The average Bonchev–Trinajstić information content (AvgIpc) is 3.13. The van der Waals surface area contributed by atoms with Gasteiger partial charge in [-0.1, -0.05) is 0 Å². The van der Waals surface area contributed by atoms with Crippen molar-refractivity contribution < 1.29 is 0 Å². The summed E-state index contributed by atoms with van der Waals surface area (Å²) in [4.78, 5) is 23.2. The van der Waals surface area contributed by atoms with Crippen LogP contribution in [0, 0.1) is 6.92 Å². The first kappa shape index (κ1) is 12.3. The highest BCUT2D eigenvalue weighted by molar-refractivity contribution is 7.09. The summed E-state index contributed by atoms with van der Waals surface area (Å²) >= 11 is 1.66. The number of nitrogens with one attached hydrogen (secondary N) is 2. The van der Waals surface area contributed by atoms with Gasteiger partial charge in [-0.05, 0) is 19.8 Å². The molecule has 0 spiro atoms. The third kappa shape index (κ3) is 3.20. The fourth-order valence-corrected chi connectivity index (χ4v) is 2.61. The zero-order valence-electron chi connectivity index (χ0n) is 10.8. The Bertz CT molecular complexity index is 630. The minimum atomic E-state index is -0.0797. The summed E-state index contributed by atoms with van der Waals surface area (Å²) in [7, 11) is 0. The molecule has 19 heavy (non-hydrogen) atoms. The predicted molar refractivity (Wildman–Crippen MR) is 75.9 cm³/mol. The Balaban J connectivity index is 1.61. The highest BCUT2D eigenvalue weighted by atomic mass is 32.1. The fraction of sp³-hybridized carbons (Fsp3) is 0.462. The topological polar surface area (TPSA) is 70.7 Å². The Morgan fingerprint density at radius 2 is 2.32 bits per heavy atom. The van der Waals surface area contributed by atoms with Gasteiger partial charge in [0, 0.05) is 30.3 Å². The second-order valence-electron chi connectivity index (χ2n) is 4.82. The number of H-pyrrole nitrogens is 1. The number of thiazole rings is 1. The van der Waals surface area contributed by atoms with Crippen molar-refractivity contribution in [2.24, 2.45) is 0 Å². The SMILES string of the molecule is Cc1nc(CCNc2cc(=O)[nH]c(C3CC3)n2)cs1. The van der Waals surface area contributed by atoms with Crippen molar-refractivity contribution in [3.05, 3.63) is 38.3 Å². The van der Waals surface area contributed by atoms with Crippen LogP contribution in [-0.4, -0.2) is 21.5 Å². The van der Waals surface area contributed by atoms with Crippen LogP contribution in [0.5, 0.6) is 0 Å². The van der Waals surface area contributed by atoms with Crippen molar-refractivity contribution in [1.82, 2.24) is 15.0 Å². The third-order valence-electron chi connectivity index (χ3n) is 3.08. The molecule has 0 bridgehead atoms. The number of anilines is 1. The molecule has 100 valence electrons. The zero-order valence-corrected chi connectivity index (χ0v) is 11.6. The van der Waals surface area contributed by atoms with Crippen LogP contribution in [0.3, 0.4) is 0 Å². The normalized spacial score (nSPS) is 14.6. The molecule has 0 saturated heterocycles. The number of hydrogen-bond acceptors (Lipinski definition) is 5. The highest BCUT2D eigenvalue weighted by Gasteiger charge is 2.26. The molecule has 2 N–H and O–H groups in total. The lowest BCUT2D eigenvalue weighted by atomic mass is 10.3. The van der Waals surface area contributed by atoms with E-state index in [0.717, 1.165) is 42.3 Å². The summed E-state index contributed by atoms with van der Waals surface area (Å²) in [5.41, 5.74) is 1.01. The molecule has 1 fully saturated rings. The molecule has 1 aliphatic rings. The van der Waals surface area contributed by atoms with Gasteiger partial charge in [0.15, 0.2) is 0 Å². The zero-order chi connectivity index (χ0) is 13.2. The molecule has 6 heteroatoms. The van der Waals surface area contributed by atoms with E-state index < -0.39 is 0 Å². The molecule has 1 aliphatic carbocycles. The Hall–Kier alpha value is -1.69. The quantitative estimate of drug-likeness (QED) is 0.877. The van der Waals surface area contributed by atoms with Crippen molar-refractivity contribution in [3.8, 4) is 0 Å². The average molecular weight is 276 g/mol. The van der Waals surface area contributed by atoms with Crippen LogP contribution in [0.25, 0.3) is 0 Å². The number of hydrogen-bond donors (Lipinski definition) is 2. The standard InChI is InChI=1S/C13H16N4OS/c1-8-15-10(7-19-8)4-5-14-11-6-12(18)17-13(16-11)9-2-3-9/h6-7,9H,2-5H2,1H3,(H2,14,16,17,18). The maximum Gasteiger partial charge on any atom is 0.252 e. The highest BCUT2D eigenvalue weighted by Crippen LogP contribution is 2.37. The molecular weight excluding hydrogens is 260 g/mol. The van der Waals surface area contributed by atoms with Gasteiger partial charge in [-0.3, -0.25) is 4.79 Å². The lowest BCUT2D eigenvalue weighted by Crippen LogP contribution is -2.14. The van der Waals surface area contributed by atoms with Gasteiger partial charge >= 0.3 is 0 Å². The van der Waals surface area contributed by atoms with E-state index in [-0.39, 0.29) is 5.56 Å². The van der Waals surface area contributed by atoms with E-state index in [1.165, 1.54) is 6.07 Å². The molecule has 0 radical (unpaired) electrons. The molecule has 0 aromatic carbocycles. The van der Waals surface area contributed by atoms with Gasteiger partial charge in [-0.25, -0.2) is 9.97 Å². The van der Waals surface area contributed by atoms with E-state index in [1.807, 2.05) is 6.92 Å². The minimum absolute atomic E-state index is 0.0797. The van der Waals surface area contributed by atoms with Crippen molar-refractivity contribution in [2.45, 2.75) is 32.1 Å². The number of rotatable bonds is 5. The maximum absolute atomic E-state index is 11.5. The van der Waals surface area contributed by atoms with Gasteiger partial charge in [-0.15, -0.1) is 11.3 Å². The van der Waals surface area contributed by atoms with E-state index in [4.69, 9.17) is 0 Å².